The number of ether oxygens (including phenoxy) is 2. The molecule has 3 aromatic rings. The fourth-order valence-electron chi connectivity index (χ4n) is 5.67. The van der Waals surface area contributed by atoms with E-state index in [-0.39, 0.29) is 17.6 Å². The molecule has 2 atom stereocenters. The van der Waals surface area contributed by atoms with E-state index in [9.17, 15) is 5.11 Å². The molecular weight excluding hydrogens is 422 g/mol. The predicted octanol–water partition coefficient (Wildman–Crippen LogP) is 6.34. The van der Waals surface area contributed by atoms with Crippen LogP contribution in [0, 0.1) is 0 Å². The average Bonchev–Trinajstić information content (AvgIpc) is 2.84. The van der Waals surface area contributed by atoms with Crippen molar-refractivity contribution in [2.24, 2.45) is 0 Å². The second-order valence-corrected chi connectivity index (χ2v) is 10.1. The number of benzene rings is 3. The van der Waals surface area contributed by atoms with Crippen LogP contribution in [0.5, 0.6) is 17.2 Å². The summed E-state index contributed by atoms with van der Waals surface area (Å²) in [5.41, 5.74) is 3.12. The summed E-state index contributed by atoms with van der Waals surface area (Å²) in [7, 11) is 0. The van der Waals surface area contributed by atoms with Crippen LogP contribution >= 0.6 is 0 Å². The van der Waals surface area contributed by atoms with Gasteiger partial charge in [0.25, 0.3) is 0 Å². The van der Waals surface area contributed by atoms with E-state index in [1.54, 1.807) is 12.1 Å². The number of fused-ring (bicyclic) bond motifs is 1. The second-order valence-electron chi connectivity index (χ2n) is 10.1. The molecule has 0 aromatic heterocycles. The monoisotopic (exact) mass is 457 g/mol. The van der Waals surface area contributed by atoms with E-state index in [1.165, 1.54) is 43.5 Å². The maximum Gasteiger partial charge on any atom is 0.127 e. The van der Waals surface area contributed by atoms with E-state index in [2.05, 4.69) is 73.3 Å². The molecule has 1 N–H and O–H groups in total. The Bertz CT molecular complexity index is 1090. The zero-order chi connectivity index (χ0) is 23.5. The number of hydrogen-bond acceptors (Lipinski definition) is 4. The lowest BCUT2D eigenvalue weighted by Gasteiger charge is -2.45. The van der Waals surface area contributed by atoms with Crippen LogP contribution in [-0.4, -0.2) is 41.8 Å². The van der Waals surface area contributed by atoms with Crippen molar-refractivity contribution >= 4 is 0 Å². The van der Waals surface area contributed by atoms with Gasteiger partial charge in [-0.05, 0) is 69.1 Å². The Morgan fingerprint density at radius 2 is 1.65 bits per heavy atom. The molecule has 0 aliphatic carbocycles. The third kappa shape index (κ3) is 4.78. The normalized spacial score (nSPS) is 21.9. The quantitative estimate of drug-likeness (QED) is 0.469. The number of piperidine rings is 1. The summed E-state index contributed by atoms with van der Waals surface area (Å²) in [6.45, 7) is 8.38. The van der Waals surface area contributed by atoms with Crippen LogP contribution in [0.15, 0.2) is 72.8 Å². The fraction of sp³-hybridized carbons (Fsp3) is 0.400. The van der Waals surface area contributed by atoms with Crippen molar-refractivity contribution in [3.63, 3.8) is 0 Å². The fourth-order valence-corrected chi connectivity index (χ4v) is 5.67. The number of hydrogen-bond donors (Lipinski definition) is 1. The van der Waals surface area contributed by atoms with Crippen LogP contribution in [-0.2, 0) is 0 Å². The van der Waals surface area contributed by atoms with Crippen molar-refractivity contribution in [3.8, 4) is 17.2 Å². The Hall–Kier alpha value is -2.98. The van der Waals surface area contributed by atoms with Gasteiger partial charge in [0.15, 0.2) is 0 Å². The minimum Gasteiger partial charge on any atom is -0.508 e. The molecule has 0 unspecified atom stereocenters. The molecule has 4 nitrogen and oxygen atoms in total. The first-order valence-electron chi connectivity index (χ1n) is 12.5. The van der Waals surface area contributed by atoms with Crippen molar-refractivity contribution < 1.29 is 14.6 Å². The van der Waals surface area contributed by atoms with E-state index in [0.29, 0.717) is 0 Å². The Balaban J connectivity index is 1.42. The molecule has 34 heavy (non-hydrogen) atoms. The molecule has 2 aliphatic rings. The summed E-state index contributed by atoms with van der Waals surface area (Å²) in [6.07, 6.45) is 3.96. The number of phenolic OH excluding ortho intramolecular Hbond substituents is 1. The van der Waals surface area contributed by atoms with Gasteiger partial charge in [0, 0.05) is 30.0 Å². The molecule has 0 radical (unpaired) electrons. The van der Waals surface area contributed by atoms with Crippen LogP contribution < -0.4 is 9.47 Å². The van der Waals surface area contributed by atoms with Gasteiger partial charge in [0.1, 0.15) is 29.5 Å². The third-order valence-electron chi connectivity index (χ3n) is 7.31. The van der Waals surface area contributed by atoms with Crippen molar-refractivity contribution in [1.29, 1.82) is 0 Å². The summed E-state index contributed by atoms with van der Waals surface area (Å²) in [5, 5.41) is 10.1. The topological polar surface area (TPSA) is 41.9 Å². The van der Waals surface area contributed by atoms with Crippen LogP contribution in [0.25, 0.3) is 0 Å². The Labute approximate surface area is 203 Å². The molecule has 2 aliphatic heterocycles. The van der Waals surface area contributed by atoms with E-state index in [0.717, 1.165) is 30.2 Å². The van der Waals surface area contributed by atoms with E-state index in [1.807, 2.05) is 6.07 Å². The van der Waals surface area contributed by atoms with Gasteiger partial charge < -0.3 is 14.6 Å². The van der Waals surface area contributed by atoms with Crippen molar-refractivity contribution in [1.82, 2.24) is 4.90 Å². The summed E-state index contributed by atoms with van der Waals surface area (Å²) in [6, 6.07) is 24.7. The maximum absolute atomic E-state index is 10.1. The van der Waals surface area contributed by atoms with Gasteiger partial charge in [-0.15, -0.1) is 0 Å². The van der Waals surface area contributed by atoms with Gasteiger partial charge in [-0.25, -0.2) is 0 Å². The molecule has 2 heterocycles. The van der Waals surface area contributed by atoms with Gasteiger partial charge >= 0.3 is 0 Å². The van der Waals surface area contributed by atoms with E-state index >= 15 is 0 Å². The van der Waals surface area contributed by atoms with Gasteiger partial charge in [-0.2, -0.15) is 0 Å². The maximum atomic E-state index is 10.1. The van der Waals surface area contributed by atoms with Gasteiger partial charge in [0.05, 0.1) is 0 Å². The highest BCUT2D eigenvalue weighted by molar-refractivity contribution is 5.52. The van der Waals surface area contributed by atoms with Crippen molar-refractivity contribution in [2.75, 3.05) is 26.2 Å². The molecule has 4 heteroatoms. The molecule has 0 spiro atoms. The number of phenols is 1. The first-order chi connectivity index (χ1) is 16.5. The zero-order valence-electron chi connectivity index (χ0n) is 20.2. The summed E-state index contributed by atoms with van der Waals surface area (Å²) in [5.74, 6) is 2.11. The van der Waals surface area contributed by atoms with Crippen molar-refractivity contribution in [2.45, 2.75) is 50.5 Å². The lowest BCUT2D eigenvalue weighted by atomic mass is 9.68. The predicted molar refractivity (Wildman–Crippen MR) is 136 cm³/mol. The summed E-state index contributed by atoms with van der Waals surface area (Å²) < 4.78 is 12.6. The molecule has 1 saturated heterocycles. The summed E-state index contributed by atoms with van der Waals surface area (Å²) >= 11 is 0. The van der Waals surface area contributed by atoms with Crippen LogP contribution in [0.1, 0.15) is 61.6 Å². The first-order valence-corrected chi connectivity index (χ1v) is 12.5. The average molecular weight is 458 g/mol. The standard InChI is InChI=1S/C30H35NO3/c1-30(2)29(23-9-5-3-6-10-23)28(26-16-13-24(32)21-27(26)34-30)22-11-14-25(15-12-22)33-20-19-31-17-7-4-8-18-31/h3,5-6,9-16,21,28-29,32H,4,7-8,17-20H2,1-2H3/t28-,29+/m1/s1. The highest BCUT2D eigenvalue weighted by Gasteiger charge is 2.45. The lowest BCUT2D eigenvalue weighted by molar-refractivity contribution is 0.0528. The zero-order valence-corrected chi connectivity index (χ0v) is 20.2. The van der Waals surface area contributed by atoms with E-state index < -0.39 is 5.60 Å². The second kappa shape index (κ2) is 9.71. The van der Waals surface area contributed by atoms with Crippen LogP contribution in [0.3, 0.4) is 0 Å². The number of rotatable bonds is 6. The highest BCUT2D eigenvalue weighted by atomic mass is 16.5. The van der Waals surface area contributed by atoms with Crippen molar-refractivity contribution in [3.05, 3.63) is 89.5 Å². The molecule has 5 rings (SSSR count). The molecule has 0 saturated carbocycles. The van der Waals surface area contributed by atoms with Gasteiger partial charge in [0.2, 0.25) is 0 Å². The molecular formula is C30H35NO3. The highest BCUT2D eigenvalue weighted by Crippen LogP contribution is 2.53. The minimum absolute atomic E-state index is 0.101. The van der Waals surface area contributed by atoms with Gasteiger partial charge in [-0.3, -0.25) is 4.90 Å². The molecule has 0 amide bonds. The smallest absolute Gasteiger partial charge is 0.127 e. The van der Waals surface area contributed by atoms with E-state index in [4.69, 9.17) is 9.47 Å². The molecule has 1 fully saturated rings. The lowest BCUT2D eigenvalue weighted by Crippen LogP contribution is -2.43. The number of aromatic hydroxyl groups is 1. The summed E-state index contributed by atoms with van der Waals surface area (Å²) in [4.78, 5) is 2.50. The van der Waals surface area contributed by atoms with Crippen LogP contribution in [0.2, 0.25) is 0 Å². The number of nitrogens with zero attached hydrogens (tertiary/aromatic N) is 1. The Morgan fingerprint density at radius 3 is 2.38 bits per heavy atom. The molecule has 3 aromatic carbocycles. The minimum atomic E-state index is -0.448. The first kappa shape index (κ1) is 22.8. The van der Waals surface area contributed by atoms with Gasteiger partial charge in [-0.1, -0.05) is 55.0 Å². The Morgan fingerprint density at radius 1 is 0.912 bits per heavy atom. The molecule has 0 bridgehead atoms. The van der Waals surface area contributed by atoms with Crippen LogP contribution in [0.4, 0.5) is 0 Å². The number of likely N-dealkylation sites (tertiary alicyclic amines) is 1. The largest absolute Gasteiger partial charge is 0.508 e. The molecule has 178 valence electrons. The Kier molecular flexibility index (Phi) is 6.51. The SMILES string of the molecule is CC1(C)Oc2cc(O)ccc2[C@@H](c2ccc(OCCN3CCCCC3)cc2)[C@@H]1c1ccccc1. The third-order valence-corrected chi connectivity index (χ3v) is 7.31.